The van der Waals surface area contributed by atoms with Crippen LogP contribution in [0.3, 0.4) is 0 Å². The lowest BCUT2D eigenvalue weighted by Crippen LogP contribution is -2.48. The van der Waals surface area contributed by atoms with Crippen molar-refractivity contribution in [3.63, 3.8) is 0 Å². The number of amides is 2. The highest BCUT2D eigenvalue weighted by Crippen LogP contribution is 2.41. The van der Waals surface area contributed by atoms with E-state index in [1.165, 1.54) is 0 Å². The minimum atomic E-state index is -0.451. The van der Waals surface area contributed by atoms with Crippen molar-refractivity contribution in [1.82, 2.24) is 10.2 Å². The zero-order valence-electron chi connectivity index (χ0n) is 13.5. The third-order valence-corrected chi connectivity index (χ3v) is 5.10. The molecule has 3 unspecified atom stereocenters. The summed E-state index contributed by atoms with van der Waals surface area (Å²) < 4.78 is 11.4. The fourth-order valence-corrected chi connectivity index (χ4v) is 3.30. The van der Waals surface area contributed by atoms with Gasteiger partial charge in [0.25, 0.3) is 0 Å². The lowest BCUT2D eigenvalue weighted by molar-refractivity contribution is -0.187. The van der Waals surface area contributed by atoms with E-state index in [2.05, 4.69) is 5.32 Å². The lowest BCUT2D eigenvalue weighted by Gasteiger charge is -2.37. The third kappa shape index (κ3) is 3.13. The van der Waals surface area contributed by atoms with Crippen LogP contribution in [-0.4, -0.2) is 54.8 Å². The number of nitrogens with one attached hydrogen (secondary N) is 1. The van der Waals surface area contributed by atoms with Crippen LogP contribution >= 0.6 is 0 Å². The summed E-state index contributed by atoms with van der Waals surface area (Å²) in [5.74, 6) is -0.547. The van der Waals surface area contributed by atoms with Gasteiger partial charge in [0.2, 0.25) is 11.8 Å². The second-order valence-corrected chi connectivity index (χ2v) is 6.70. The maximum atomic E-state index is 12.5. The topological polar surface area (TPSA) is 67.9 Å². The second kappa shape index (κ2) is 6.16. The van der Waals surface area contributed by atoms with Crippen molar-refractivity contribution in [1.29, 1.82) is 0 Å². The van der Waals surface area contributed by atoms with Gasteiger partial charge in [0.15, 0.2) is 5.79 Å². The minimum Gasteiger partial charge on any atom is -0.353 e. The van der Waals surface area contributed by atoms with Crippen LogP contribution in [0.5, 0.6) is 0 Å². The van der Waals surface area contributed by atoms with E-state index in [0.717, 1.165) is 19.3 Å². The molecule has 3 fully saturated rings. The van der Waals surface area contributed by atoms with Crippen molar-refractivity contribution >= 4 is 11.8 Å². The van der Waals surface area contributed by atoms with Crippen molar-refractivity contribution in [3.05, 3.63) is 0 Å². The summed E-state index contributed by atoms with van der Waals surface area (Å²) >= 11 is 0. The van der Waals surface area contributed by atoms with E-state index in [4.69, 9.17) is 9.47 Å². The molecule has 3 rings (SSSR count). The number of piperidine rings is 1. The van der Waals surface area contributed by atoms with Gasteiger partial charge in [-0.05, 0) is 19.8 Å². The number of nitrogens with zero attached hydrogens (tertiary/aromatic N) is 1. The van der Waals surface area contributed by atoms with E-state index in [1.54, 1.807) is 0 Å². The first-order valence-corrected chi connectivity index (χ1v) is 8.42. The normalized spacial score (nSPS) is 31.1. The average Bonchev–Trinajstić information content (AvgIpc) is 3.22. The Morgan fingerprint density at radius 2 is 1.86 bits per heavy atom. The first kappa shape index (κ1) is 15.7. The molecule has 2 heterocycles. The molecular formula is C16H26N2O4. The Morgan fingerprint density at radius 3 is 2.45 bits per heavy atom. The predicted molar refractivity (Wildman–Crippen MR) is 79.9 cm³/mol. The first-order chi connectivity index (χ1) is 10.5. The molecule has 3 atom stereocenters. The molecule has 2 aliphatic heterocycles. The fourth-order valence-electron chi connectivity index (χ4n) is 3.30. The molecule has 1 aliphatic carbocycles. The molecule has 1 spiro atoms. The number of rotatable bonds is 4. The van der Waals surface area contributed by atoms with Gasteiger partial charge in [-0.2, -0.15) is 0 Å². The number of hydrogen-bond acceptors (Lipinski definition) is 4. The predicted octanol–water partition coefficient (Wildman–Crippen LogP) is 0.903. The van der Waals surface area contributed by atoms with Crippen LogP contribution < -0.4 is 5.32 Å². The van der Waals surface area contributed by atoms with E-state index in [1.807, 2.05) is 18.7 Å². The zero-order chi connectivity index (χ0) is 15.7. The molecule has 22 heavy (non-hydrogen) atoms. The maximum Gasteiger partial charge on any atom is 0.226 e. The standard InChI is InChI=1S/C16H26N2O4/c1-3-11(2)17-14(19)12-10-13(12)15(20)18-6-4-16(5-7-18)21-8-9-22-16/h11-13H,3-10H2,1-2H3,(H,17,19). The van der Waals surface area contributed by atoms with Crippen LogP contribution in [0.4, 0.5) is 0 Å². The monoisotopic (exact) mass is 310 g/mol. The summed E-state index contributed by atoms with van der Waals surface area (Å²) in [6.45, 7) is 6.65. The number of carbonyl (C=O) groups excluding carboxylic acids is 2. The SMILES string of the molecule is CCC(C)NC(=O)C1CC1C(=O)N1CCC2(CC1)OCCO2. The number of hydrogen-bond donors (Lipinski definition) is 1. The number of carbonyl (C=O) groups is 2. The summed E-state index contributed by atoms with van der Waals surface area (Å²) in [7, 11) is 0. The van der Waals surface area contributed by atoms with Crippen LogP contribution in [0.1, 0.15) is 39.5 Å². The van der Waals surface area contributed by atoms with Crippen molar-refractivity contribution in [2.24, 2.45) is 11.8 Å². The summed E-state index contributed by atoms with van der Waals surface area (Å²) in [6, 6.07) is 0.176. The van der Waals surface area contributed by atoms with E-state index >= 15 is 0 Å². The molecule has 6 nitrogen and oxygen atoms in total. The van der Waals surface area contributed by atoms with Gasteiger partial charge in [0.05, 0.1) is 25.0 Å². The average molecular weight is 310 g/mol. The Kier molecular flexibility index (Phi) is 4.41. The Morgan fingerprint density at radius 1 is 1.23 bits per heavy atom. The van der Waals surface area contributed by atoms with Gasteiger partial charge >= 0.3 is 0 Å². The molecule has 0 bridgehead atoms. The molecule has 3 aliphatic rings. The van der Waals surface area contributed by atoms with Gasteiger partial charge in [0, 0.05) is 32.0 Å². The van der Waals surface area contributed by atoms with Crippen LogP contribution in [0, 0.1) is 11.8 Å². The van der Waals surface area contributed by atoms with E-state index in [0.29, 0.717) is 32.7 Å². The van der Waals surface area contributed by atoms with Crippen LogP contribution in [0.25, 0.3) is 0 Å². The lowest BCUT2D eigenvalue weighted by atomic mass is 10.0. The Bertz CT molecular complexity index is 437. The number of likely N-dealkylation sites (tertiary alicyclic amines) is 1. The minimum absolute atomic E-state index is 0.0311. The molecular weight excluding hydrogens is 284 g/mol. The molecule has 1 N–H and O–H groups in total. The molecule has 2 saturated heterocycles. The highest BCUT2D eigenvalue weighted by Gasteiger charge is 2.51. The largest absolute Gasteiger partial charge is 0.353 e. The van der Waals surface area contributed by atoms with Crippen molar-refractivity contribution in [2.45, 2.75) is 51.4 Å². The van der Waals surface area contributed by atoms with Gasteiger partial charge in [-0.1, -0.05) is 6.92 Å². The molecule has 0 aromatic rings. The summed E-state index contributed by atoms with van der Waals surface area (Å²) in [4.78, 5) is 26.4. The fraction of sp³-hybridized carbons (Fsp3) is 0.875. The van der Waals surface area contributed by atoms with Gasteiger partial charge in [0.1, 0.15) is 0 Å². The Hall–Kier alpha value is -1.14. The van der Waals surface area contributed by atoms with E-state index in [-0.39, 0.29) is 29.7 Å². The van der Waals surface area contributed by atoms with Gasteiger partial charge in [-0.3, -0.25) is 9.59 Å². The van der Waals surface area contributed by atoms with Crippen molar-refractivity contribution in [3.8, 4) is 0 Å². The summed E-state index contributed by atoms with van der Waals surface area (Å²) in [5, 5.41) is 2.97. The maximum absolute atomic E-state index is 12.5. The smallest absolute Gasteiger partial charge is 0.226 e. The first-order valence-electron chi connectivity index (χ1n) is 8.42. The Labute approximate surface area is 131 Å². The highest BCUT2D eigenvalue weighted by atomic mass is 16.7. The van der Waals surface area contributed by atoms with Crippen LogP contribution in [0.15, 0.2) is 0 Å². The molecule has 6 heteroatoms. The number of ether oxygens (including phenoxy) is 2. The van der Waals surface area contributed by atoms with Crippen molar-refractivity contribution < 1.29 is 19.1 Å². The molecule has 1 saturated carbocycles. The van der Waals surface area contributed by atoms with E-state index in [9.17, 15) is 9.59 Å². The molecule has 2 amide bonds. The summed E-state index contributed by atoms with van der Waals surface area (Å²) in [5.41, 5.74) is 0. The van der Waals surface area contributed by atoms with Gasteiger partial charge in [-0.25, -0.2) is 0 Å². The highest BCUT2D eigenvalue weighted by molar-refractivity contribution is 5.92. The van der Waals surface area contributed by atoms with Crippen molar-refractivity contribution in [2.75, 3.05) is 26.3 Å². The van der Waals surface area contributed by atoms with Gasteiger partial charge in [-0.15, -0.1) is 0 Å². The third-order valence-electron chi connectivity index (χ3n) is 5.10. The molecule has 0 aromatic heterocycles. The molecule has 0 radical (unpaired) electrons. The second-order valence-electron chi connectivity index (χ2n) is 6.70. The van der Waals surface area contributed by atoms with Gasteiger partial charge < -0.3 is 19.7 Å². The summed E-state index contributed by atoms with van der Waals surface area (Å²) in [6.07, 6.45) is 3.06. The quantitative estimate of drug-likeness (QED) is 0.838. The Balaban J connectivity index is 1.46. The van der Waals surface area contributed by atoms with E-state index < -0.39 is 5.79 Å². The molecule has 0 aromatic carbocycles. The zero-order valence-corrected chi connectivity index (χ0v) is 13.5. The van der Waals surface area contributed by atoms with Crippen LogP contribution in [0.2, 0.25) is 0 Å². The van der Waals surface area contributed by atoms with Crippen LogP contribution in [-0.2, 0) is 19.1 Å². The molecule has 124 valence electrons.